The number of aliphatic hydroxyl groups excluding tert-OH is 1. The molecule has 0 aliphatic carbocycles. The van der Waals surface area contributed by atoms with Crippen LogP contribution in [-0.4, -0.2) is 49.0 Å². The minimum Gasteiger partial charge on any atom is -0.389 e. The van der Waals surface area contributed by atoms with Crippen molar-refractivity contribution in [3.05, 3.63) is 0 Å². The van der Waals surface area contributed by atoms with Gasteiger partial charge in [0.25, 0.3) is 0 Å². The molecule has 80 valence electrons. The Bertz CT molecular complexity index is 222. The van der Waals surface area contributed by atoms with Crippen LogP contribution in [0.3, 0.4) is 0 Å². The molecule has 2 aliphatic rings. The largest absolute Gasteiger partial charge is 0.389 e. The van der Waals surface area contributed by atoms with E-state index in [0.717, 1.165) is 13.0 Å². The Hall–Kier alpha value is -0.650. The highest BCUT2D eigenvalue weighted by molar-refractivity contribution is 5.78. The second kappa shape index (κ2) is 4.25. The average molecular weight is 200 g/mol. The van der Waals surface area contributed by atoms with E-state index in [1.165, 1.54) is 0 Å². The van der Waals surface area contributed by atoms with Gasteiger partial charge in [0.1, 0.15) is 0 Å². The first-order chi connectivity index (χ1) is 6.75. The van der Waals surface area contributed by atoms with Crippen LogP contribution in [0.1, 0.15) is 12.8 Å². The van der Waals surface area contributed by atoms with Gasteiger partial charge in [-0.15, -0.1) is 0 Å². The Labute approximate surface area is 82.8 Å². The van der Waals surface area contributed by atoms with Gasteiger partial charge in [-0.2, -0.15) is 0 Å². The maximum atomic E-state index is 10.9. The van der Waals surface area contributed by atoms with Crippen molar-refractivity contribution in [1.29, 1.82) is 0 Å². The topological polar surface area (TPSA) is 70.6 Å². The van der Waals surface area contributed by atoms with Crippen molar-refractivity contribution in [2.24, 2.45) is 0 Å². The van der Waals surface area contributed by atoms with E-state index in [1.54, 1.807) is 0 Å². The minimum atomic E-state index is -0.410. The Morgan fingerprint density at radius 2 is 2.43 bits per heavy atom. The van der Waals surface area contributed by atoms with Crippen molar-refractivity contribution in [2.45, 2.75) is 31.0 Å². The summed E-state index contributed by atoms with van der Waals surface area (Å²) in [5.74, 6) is 0.125. The number of nitrogens with one attached hydrogen (secondary N) is 2. The molecule has 0 aromatic carbocycles. The van der Waals surface area contributed by atoms with E-state index in [4.69, 9.17) is 4.74 Å². The van der Waals surface area contributed by atoms with Gasteiger partial charge in [0, 0.05) is 19.0 Å². The Balaban J connectivity index is 1.69. The molecular weight excluding hydrogens is 184 g/mol. The van der Waals surface area contributed by atoms with Gasteiger partial charge in [-0.1, -0.05) is 0 Å². The second-order valence-electron chi connectivity index (χ2n) is 3.92. The Morgan fingerprint density at radius 1 is 1.57 bits per heavy atom. The summed E-state index contributed by atoms with van der Waals surface area (Å²) >= 11 is 0. The lowest BCUT2D eigenvalue weighted by molar-refractivity contribution is -0.119. The standard InChI is InChI=1S/C9H16N2O3/c12-8-5-14-4-7(8)10-3-6-1-2-9(13)11-6/h6-8,10,12H,1-5H2,(H,11,13). The molecule has 0 aromatic heterocycles. The number of ether oxygens (including phenoxy) is 1. The third-order valence-corrected chi connectivity index (χ3v) is 2.76. The molecule has 3 N–H and O–H groups in total. The monoisotopic (exact) mass is 200 g/mol. The molecule has 0 radical (unpaired) electrons. The number of amides is 1. The first-order valence-corrected chi connectivity index (χ1v) is 5.04. The molecular formula is C9H16N2O3. The lowest BCUT2D eigenvalue weighted by atomic mass is 10.2. The minimum absolute atomic E-state index is 0.0208. The molecule has 0 bridgehead atoms. The highest BCUT2D eigenvalue weighted by atomic mass is 16.5. The molecule has 14 heavy (non-hydrogen) atoms. The van der Waals surface area contributed by atoms with E-state index in [9.17, 15) is 9.90 Å². The van der Waals surface area contributed by atoms with Gasteiger partial charge in [0.2, 0.25) is 5.91 Å². The summed E-state index contributed by atoms with van der Waals surface area (Å²) in [5, 5.41) is 15.5. The normalized spacial score (nSPS) is 37.5. The lowest BCUT2D eigenvalue weighted by Crippen LogP contribution is -2.45. The van der Waals surface area contributed by atoms with Crippen molar-refractivity contribution < 1.29 is 14.6 Å². The number of carbonyl (C=O) groups is 1. The molecule has 5 heteroatoms. The van der Waals surface area contributed by atoms with Gasteiger partial charge in [0.05, 0.1) is 25.4 Å². The lowest BCUT2D eigenvalue weighted by Gasteiger charge is -2.17. The van der Waals surface area contributed by atoms with E-state index in [2.05, 4.69) is 10.6 Å². The molecule has 0 spiro atoms. The Morgan fingerprint density at radius 3 is 3.00 bits per heavy atom. The van der Waals surface area contributed by atoms with Crippen molar-refractivity contribution in [3.8, 4) is 0 Å². The summed E-state index contributed by atoms with van der Waals surface area (Å²) in [5.41, 5.74) is 0. The van der Waals surface area contributed by atoms with Crippen LogP contribution in [0.2, 0.25) is 0 Å². The van der Waals surface area contributed by atoms with Gasteiger partial charge in [0.15, 0.2) is 0 Å². The highest BCUT2D eigenvalue weighted by Gasteiger charge is 2.27. The summed E-state index contributed by atoms with van der Waals surface area (Å²) in [4.78, 5) is 10.9. The first-order valence-electron chi connectivity index (χ1n) is 5.04. The highest BCUT2D eigenvalue weighted by Crippen LogP contribution is 2.08. The first kappa shape index (κ1) is 9.89. The maximum absolute atomic E-state index is 10.9. The number of rotatable bonds is 3. The van der Waals surface area contributed by atoms with Crippen molar-refractivity contribution in [2.75, 3.05) is 19.8 Å². The van der Waals surface area contributed by atoms with Crippen LogP contribution in [0.5, 0.6) is 0 Å². The Kier molecular flexibility index (Phi) is 3.00. The average Bonchev–Trinajstić information content (AvgIpc) is 2.72. The van der Waals surface area contributed by atoms with Crippen molar-refractivity contribution in [3.63, 3.8) is 0 Å². The predicted octanol–water partition coefficient (Wildman–Crippen LogP) is -1.39. The van der Waals surface area contributed by atoms with Gasteiger partial charge < -0.3 is 20.5 Å². The zero-order chi connectivity index (χ0) is 9.97. The molecule has 2 heterocycles. The van der Waals surface area contributed by atoms with Crippen molar-refractivity contribution >= 4 is 5.91 Å². The van der Waals surface area contributed by atoms with Crippen LogP contribution in [0.25, 0.3) is 0 Å². The van der Waals surface area contributed by atoms with Crippen LogP contribution in [0.4, 0.5) is 0 Å². The third-order valence-electron chi connectivity index (χ3n) is 2.76. The fraction of sp³-hybridized carbons (Fsp3) is 0.889. The summed E-state index contributed by atoms with van der Waals surface area (Å²) in [6, 6.07) is 0.239. The molecule has 1 amide bonds. The van der Waals surface area contributed by atoms with Gasteiger partial charge in [-0.05, 0) is 6.42 Å². The molecule has 0 saturated carbocycles. The molecule has 2 saturated heterocycles. The summed E-state index contributed by atoms with van der Waals surface area (Å²) in [6.07, 6.45) is 1.10. The van der Waals surface area contributed by atoms with E-state index in [0.29, 0.717) is 19.6 Å². The number of hydrogen-bond donors (Lipinski definition) is 3. The molecule has 3 unspecified atom stereocenters. The maximum Gasteiger partial charge on any atom is 0.220 e. The number of hydrogen-bond acceptors (Lipinski definition) is 4. The molecule has 2 aliphatic heterocycles. The quantitative estimate of drug-likeness (QED) is 0.525. The summed E-state index contributed by atoms with van der Waals surface area (Å²) < 4.78 is 5.11. The molecule has 0 aromatic rings. The predicted molar refractivity (Wildman–Crippen MR) is 49.8 cm³/mol. The number of carbonyl (C=O) groups excluding carboxylic acids is 1. The van der Waals surface area contributed by atoms with Gasteiger partial charge in [-0.25, -0.2) is 0 Å². The molecule has 2 fully saturated rings. The fourth-order valence-electron chi connectivity index (χ4n) is 1.86. The van der Waals surface area contributed by atoms with Crippen LogP contribution in [0.15, 0.2) is 0 Å². The molecule has 5 nitrogen and oxygen atoms in total. The summed E-state index contributed by atoms with van der Waals surface area (Å²) in [7, 11) is 0. The molecule has 2 rings (SSSR count). The van der Waals surface area contributed by atoms with Crippen LogP contribution in [-0.2, 0) is 9.53 Å². The second-order valence-corrected chi connectivity index (χ2v) is 3.92. The smallest absolute Gasteiger partial charge is 0.220 e. The van der Waals surface area contributed by atoms with Crippen LogP contribution in [0, 0.1) is 0 Å². The third kappa shape index (κ3) is 2.23. The SMILES string of the molecule is O=C1CCC(CNC2COCC2O)N1. The van der Waals surface area contributed by atoms with E-state index >= 15 is 0 Å². The van der Waals surface area contributed by atoms with Gasteiger partial charge >= 0.3 is 0 Å². The van der Waals surface area contributed by atoms with E-state index in [-0.39, 0.29) is 18.0 Å². The zero-order valence-corrected chi connectivity index (χ0v) is 8.03. The van der Waals surface area contributed by atoms with Crippen LogP contribution >= 0.6 is 0 Å². The fourth-order valence-corrected chi connectivity index (χ4v) is 1.86. The van der Waals surface area contributed by atoms with Crippen LogP contribution < -0.4 is 10.6 Å². The van der Waals surface area contributed by atoms with Crippen molar-refractivity contribution in [1.82, 2.24) is 10.6 Å². The number of aliphatic hydroxyl groups is 1. The summed E-state index contributed by atoms with van der Waals surface area (Å²) in [6.45, 7) is 1.69. The zero-order valence-electron chi connectivity index (χ0n) is 8.03. The van der Waals surface area contributed by atoms with Gasteiger partial charge in [-0.3, -0.25) is 4.79 Å². The van der Waals surface area contributed by atoms with E-state index in [1.807, 2.05) is 0 Å². The van der Waals surface area contributed by atoms with E-state index < -0.39 is 6.10 Å². The molecule has 3 atom stereocenters.